The highest BCUT2D eigenvalue weighted by atomic mass is 16.2. The minimum Gasteiger partial charge on any atom is -0.317 e. The van der Waals surface area contributed by atoms with Crippen molar-refractivity contribution in [3.63, 3.8) is 0 Å². The molecule has 7 nitrogen and oxygen atoms in total. The summed E-state index contributed by atoms with van der Waals surface area (Å²) in [4.78, 5) is 17.6. The number of anilines is 1. The first-order valence-corrected chi connectivity index (χ1v) is 8.85. The van der Waals surface area contributed by atoms with E-state index < -0.39 is 5.54 Å². The maximum atomic E-state index is 13.2. The summed E-state index contributed by atoms with van der Waals surface area (Å²) in [7, 11) is 0. The summed E-state index contributed by atoms with van der Waals surface area (Å²) in [5, 5.41) is 10.7. The van der Waals surface area contributed by atoms with Gasteiger partial charge >= 0.3 is 0 Å². The number of carbonyl (C=O) groups excluding carboxylic acids is 1. The van der Waals surface area contributed by atoms with E-state index in [0.717, 1.165) is 18.7 Å². The van der Waals surface area contributed by atoms with Crippen LogP contribution in [0.4, 0.5) is 5.95 Å². The number of rotatable bonds is 5. The van der Waals surface area contributed by atoms with E-state index in [-0.39, 0.29) is 5.91 Å². The zero-order valence-electron chi connectivity index (χ0n) is 14.5. The summed E-state index contributed by atoms with van der Waals surface area (Å²) < 4.78 is 3.73. The molecule has 0 saturated carbocycles. The number of imidazole rings is 1. The Morgan fingerprint density at radius 3 is 2.65 bits per heavy atom. The van der Waals surface area contributed by atoms with Gasteiger partial charge in [-0.15, -0.1) is 0 Å². The molecule has 26 heavy (non-hydrogen) atoms. The second kappa shape index (κ2) is 7.13. The van der Waals surface area contributed by atoms with Crippen LogP contribution in [0.25, 0.3) is 0 Å². The Morgan fingerprint density at radius 2 is 1.92 bits per heavy atom. The normalized spacial score (nSPS) is 16.3. The van der Waals surface area contributed by atoms with E-state index in [1.165, 1.54) is 0 Å². The summed E-state index contributed by atoms with van der Waals surface area (Å²) in [6, 6.07) is 12.0. The van der Waals surface area contributed by atoms with Crippen LogP contribution in [0.1, 0.15) is 18.4 Å². The van der Waals surface area contributed by atoms with Crippen LogP contribution in [0.5, 0.6) is 0 Å². The lowest BCUT2D eigenvalue weighted by atomic mass is 9.87. The number of nitrogens with zero attached hydrogens (tertiary/aromatic N) is 4. The predicted molar refractivity (Wildman–Crippen MR) is 98.7 cm³/mol. The molecule has 1 fully saturated rings. The molecule has 0 aliphatic carbocycles. The van der Waals surface area contributed by atoms with E-state index >= 15 is 0 Å². The lowest BCUT2D eigenvalue weighted by molar-refractivity contribution is -0.126. The van der Waals surface area contributed by atoms with Gasteiger partial charge in [-0.2, -0.15) is 5.10 Å². The van der Waals surface area contributed by atoms with Gasteiger partial charge in [-0.3, -0.25) is 14.8 Å². The highest BCUT2D eigenvalue weighted by Crippen LogP contribution is 2.28. The van der Waals surface area contributed by atoms with Crippen LogP contribution in [0.15, 0.2) is 61.2 Å². The third-order valence-electron chi connectivity index (χ3n) is 4.93. The third-order valence-corrected chi connectivity index (χ3v) is 4.93. The van der Waals surface area contributed by atoms with Crippen molar-refractivity contribution < 1.29 is 4.79 Å². The number of aromatic nitrogens is 4. The molecule has 0 radical (unpaired) electrons. The van der Waals surface area contributed by atoms with E-state index in [9.17, 15) is 4.79 Å². The first-order valence-electron chi connectivity index (χ1n) is 8.85. The van der Waals surface area contributed by atoms with Gasteiger partial charge in [-0.05, 0) is 37.6 Å². The third kappa shape index (κ3) is 3.13. The molecule has 2 N–H and O–H groups in total. The van der Waals surface area contributed by atoms with E-state index in [1.807, 2.05) is 41.2 Å². The molecule has 7 heteroatoms. The molecule has 1 aliphatic rings. The Kier molecular flexibility index (Phi) is 4.53. The second-order valence-electron chi connectivity index (χ2n) is 6.55. The molecule has 1 saturated heterocycles. The minimum absolute atomic E-state index is 0.0665. The monoisotopic (exact) mass is 350 g/mol. The summed E-state index contributed by atoms with van der Waals surface area (Å²) in [6.07, 6.45) is 8.56. The van der Waals surface area contributed by atoms with Crippen molar-refractivity contribution in [2.24, 2.45) is 0 Å². The van der Waals surface area contributed by atoms with Crippen molar-refractivity contribution in [2.75, 3.05) is 18.4 Å². The second-order valence-corrected chi connectivity index (χ2v) is 6.55. The van der Waals surface area contributed by atoms with Crippen LogP contribution < -0.4 is 10.6 Å². The average Bonchev–Trinajstić information content (AvgIpc) is 3.36. The fourth-order valence-corrected chi connectivity index (χ4v) is 3.48. The molecule has 0 bridgehead atoms. The maximum Gasteiger partial charge on any atom is 0.254 e. The van der Waals surface area contributed by atoms with Gasteiger partial charge in [0.05, 0.1) is 6.54 Å². The van der Waals surface area contributed by atoms with Crippen LogP contribution in [-0.4, -0.2) is 38.3 Å². The van der Waals surface area contributed by atoms with Crippen molar-refractivity contribution in [1.82, 2.24) is 24.6 Å². The fourth-order valence-electron chi connectivity index (χ4n) is 3.48. The maximum absolute atomic E-state index is 13.2. The van der Waals surface area contributed by atoms with Gasteiger partial charge in [-0.1, -0.05) is 30.3 Å². The summed E-state index contributed by atoms with van der Waals surface area (Å²) in [6.45, 7) is 2.23. The average molecular weight is 350 g/mol. The van der Waals surface area contributed by atoms with Gasteiger partial charge in [0.25, 0.3) is 5.91 Å². The Hall–Kier alpha value is -2.93. The lowest BCUT2D eigenvalue weighted by Gasteiger charge is -2.36. The van der Waals surface area contributed by atoms with Gasteiger partial charge in [0.15, 0.2) is 0 Å². The van der Waals surface area contributed by atoms with Gasteiger partial charge in [0.1, 0.15) is 5.54 Å². The number of benzene rings is 1. The molecule has 3 aromatic rings. The van der Waals surface area contributed by atoms with Gasteiger partial charge in [0.2, 0.25) is 5.95 Å². The highest BCUT2D eigenvalue weighted by molar-refractivity contribution is 5.95. The van der Waals surface area contributed by atoms with Crippen molar-refractivity contribution in [1.29, 1.82) is 0 Å². The number of nitrogens with one attached hydrogen (secondary N) is 2. The van der Waals surface area contributed by atoms with E-state index in [2.05, 4.69) is 32.8 Å². The standard InChI is InChI=1S/C19H22N6O/c26-17(19(7-10-20-11-8-19)25-13-4-9-22-25)23-18-21-12-14-24(18)15-16-5-2-1-3-6-16/h1-6,9,12-14,20H,7-8,10-11,15H2,(H,21,23,26). The van der Waals surface area contributed by atoms with Crippen LogP contribution in [0.2, 0.25) is 0 Å². The Balaban J connectivity index is 1.57. The van der Waals surface area contributed by atoms with E-state index in [1.54, 1.807) is 17.1 Å². The Morgan fingerprint density at radius 1 is 1.12 bits per heavy atom. The molecule has 1 aromatic carbocycles. The summed E-state index contributed by atoms with van der Waals surface area (Å²) >= 11 is 0. The topological polar surface area (TPSA) is 76.8 Å². The fraction of sp³-hybridized carbons (Fsp3) is 0.316. The molecule has 0 unspecified atom stereocenters. The van der Waals surface area contributed by atoms with Crippen molar-refractivity contribution >= 4 is 11.9 Å². The first kappa shape index (κ1) is 16.5. The van der Waals surface area contributed by atoms with Crippen molar-refractivity contribution in [3.8, 4) is 0 Å². The molecular weight excluding hydrogens is 328 g/mol. The molecule has 4 rings (SSSR count). The number of amides is 1. The Labute approximate surface area is 152 Å². The molecule has 1 aliphatic heterocycles. The molecular formula is C19H22N6O. The van der Waals surface area contributed by atoms with Gasteiger partial charge in [0, 0.05) is 24.8 Å². The quantitative estimate of drug-likeness (QED) is 0.736. The van der Waals surface area contributed by atoms with Crippen molar-refractivity contribution in [2.45, 2.75) is 24.9 Å². The van der Waals surface area contributed by atoms with Crippen LogP contribution in [0, 0.1) is 0 Å². The van der Waals surface area contributed by atoms with E-state index in [0.29, 0.717) is 25.3 Å². The molecule has 3 heterocycles. The smallest absolute Gasteiger partial charge is 0.254 e. The highest BCUT2D eigenvalue weighted by Gasteiger charge is 2.42. The zero-order valence-corrected chi connectivity index (χ0v) is 14.5. The lowest BCUT2D eigenvalue weighted by Crippen LogP contribution is -2.52. The molecule has 0 spiro atoms. The van der Waals surface area contributed by atoms with E-state index in [4.69, 9.17) is 0 Å². The molecule has 0 atom stereocenters. The summed E-state index contributed by atoms with van der Waals surface area (Å²) in [5.41, 5.74) is 0.475. The summed E-state index contributed by atoms with van der Waals surface area (Å²) in [5.74, 6) is 0.493. The minimum atomic E-state index is -0.682. The van der Waals surface area contributed by atoms with Crippen molar-refractivity contribution in [3.05, 3.63) is 66.7 Å². The number of piperidine rings is 1. The van der Waals surface area contributed by atoms with Crippen LogP contribution >= 0.6 is 0 Å². The van der Waals surface area contributed by atoms with Gasteiger partial charge in [-0.25, -0.2) is 4.98 Å². The Bertz CT molecular complexity index is 849. The number of hydrogen-bond donors (Lipinski definition) is 2. The van der Waals surface area contributed by atoms with Gasteiger partial charge < -0.3 is 9.88 Å². The number of carbonyl (C=O) groups is 1. The SMILES string of the molecule is O=C(Nc1nccn1Cc1ccccc1)C1(n2cccn2)CCNCC1. The van der Waals surface area contributed by atoms with Crippen LogP contribution in [-0.2, 0) is 16.9 Å². The molecule has 134 valence electrons. The van der Waals surface area contributed by atoms with Crippen LogP contribution in [0.3, 0.4) is 0 Å². The largest absolute Gasteiger partial charge is 0.317 e. The molecule has 2 aromatic heterocycles. The first-order chi connectivity index (χ1) is 12.8. The predicted octanol–water partition coefficient (Wildman–Crippen LogP) is 1.85. The zero-order chi connectivity index (χ0) is 17.8. The molecule has 1 amide bonds. The number of hydrogen-bond acceptors (Lipinski definition) is 4.